The molecule has 19 heavy (non-hydrogen) atoms. The summed E-state index contributed by atoms with van der Waals surface area (Å²) in [5.41, 5.74) is 2.05. The van der Waals surface area contributed by atoms with Gasteiger partial charge in [-0.15, -0.1) is 0 Å². The van der Waals surface area contributed by atoms with Crippen LogP contribution in [0.25, 0.3) is 11.2 Å². The molecule has 0 radical (unpaired) electrons. The van der Waals surface area contributed by atoms with Crippen molar-refractivity contribution in [3.63, 3.8) is 0 Å². The quantitative estimate of drug-likeness (QED) is 0.850. The fourth-order valence-corrected chi connectivity index (χ4v) is 2.81. The molecule has 0 aliphatic carbocycles. The van der Waals surface area contributed by atoms with Crippen LogP contribution in [-0.2, 0) is 11.2 Å². The van der Waals surface area contributed by atoms with E-state index in [1.54, 1.807) is 0 Å². The number of fused-ring (bicyclic) bond motifs is 1. The molecule has 0 bridgehead atoms. The van der Waals surface area contributed by atoms with E-state index in [1.807, 2.05) is 12.3 Å². The maximum atomic E-state index is 5.48. The number of aromatic nitrogens is 3. The fourth-order valence-electron chi connectivity index (χ4n) is 2.81. The van der Waals surface area contributed by atoms with E-state index < -0.39 is 0 Å². The van der Waals surface area contributed by atoms with E-state index in [9.17, 15) is 0 Å². The number of nitrogens with zero attached hydrogens (tertiary/aromatic N) is 3. The van der Waals surface area contributed by atoms with Crippen molar-refractivity contribution < 1.29 is 4.74 Å². The fraction of sp³-hybridized carbons (Fsp3) is 0.600. The monoisotopic (exact) mass is 259 g/mol. The van der Waals surface area contributed by atoms with Crippen LogP contribution in [-0.4, -0.2) is 27.7 Å². The smallest absolute Gasteiger partial charge is 0.160 e. The minimum absolute atomic E-state index is 0.488. The Morgan fingerprint density at radius 2 is 2.16 bits per heavy atom. The summed E-state index contributed by atoms with van der Waals surface area (Å²) in [6.45, 7) is 6.17. The van der Waals surface area contributed by atoms with Gasteiger partial charge in [-0.3, -0.25) is 0 Å². The zero-order valence-corrected chi connectivity index (χ0v) is 11.7. The molecule has 1 saturated heterocycles. The minimum atomic E-state index is 0.488. The van der Waals surface area contributed by atoms with Crippen LogP contribution in [0.5, 0.6) is 0 Å². The first kappa shape index (κ1) is 12.6. The lowest BCUT2D eigenvalue weighted by Crippen LogP contribution is -2.22. The Morgan fingerprint density at radius 3 is 2.89 bits per heavy atom. The van der Waals surface area contributed by atoms with Gasteiger partial charge in [0.05, 0.1) is 0 Å². The van der Waals surface area contributed by atoms with E-state index in [1.165, 1.54) is 5.82 Å². The number of rotatable bonds is 3. The topological polar surface area (TPSA) is 39.9 Å². The van der Waals surface area contributed by atoms with Crippen molar-refractivity contribution in [3.05, 3.63) is 24.2 Å². The molecule has 1 aliphatic rings. The Hall–Kier alpha value is -1.42. The third kappa shape index (κ3) is 2.50. The number of imidazole rings is 1. The van der Waals surface area contributed by atoms with E-state index in [2.05, 4.69) is 29.5 Å². The highest BCUT2D eigenvalue weighted by Crippen LogP contribution is 2.27. The third-order valence-corrected chi connectivity index (χ3v) is 3.67. The molecular weight excluding hydrogens is 238 g/mol. The summed E-state index contributed by atoms with van der Waals surface area (Å²) in [4.78, 5) is 9.33. The molecule has 0 atom stereocenters. The van der Waals surface area contributed by atoms with Crippen molar-refractivity contribution in [2.45, 2.75) is 39.2 Å². The lowest BCUT2D eigenvalue weighted by Gasteiger charge is -2.25. The summed E-state index contributed by atoms with van der Waals surface area (Å²) < 4.78 is 7.84. The zero-order chi connectivity index (χ0) is 13.2. The van der Waals surface area contributed by atoms with E-state index >= 15 is 0 Å². The Morgan fingerprint density at radius 1 is 1.37 bits per heavy atom. The molecule has 0 aromatic carbocycles. The van der Waals surface area contributed by atoms with E-state index in [-0.39, 0.29) is 0 Å². The number of pyridine rings is 1. The average Bonchev–Trinajstić information content (AvgIpc) is 2.76. The molecular formula is C15H21N3O. The van der Waals surface area contributed by atoms with Gasteiger partial charge in [0, 0.05) is 31.9 Å². The van der Waals surface area contributed by atoms with E-state index in [0.29, 0.717) is 12.0 Å². The summed E-state index contributed by atoms with van der Waals surface area (Å²) in [7, 11) is 0. The Bertz CT molecular complexity index is 556. The molecule has 0 amide bonds. The van der Waals surface area contributed by atoms with Crippen molar-refractivity contribution in [3.8, 4) is 0 Å². The van der Waals surface area contributed by atoms with Crippen LogP contribution in [0.3, 0.4) is 0 Å². The molecule has 3 heterocycles. The molecule has 4 heteroatoms. The number of hydrogen-bond acceptors (Lipinski definition) is 3. The van der Waals surface area contributed by atoms with E-state index in [4.69, 9.17) is 9.72 Å². The molecule has 0 spiro atoms. The first-order chi connectivity index (χ1) is 9.25. The number of hydrogen-bond donors (Lipinski definition) is 0. The van der Waals surface area contributed by atoms with Gasteiger partial charge in [-0.25, -0.2) is 9.97 Å². The van der Waals surface area contributed by atoms with Gasteiger partial charge < -0.3 is 9.30 Å². The van der Waals surface area contributed by atoms with Crippen molar-refractivity contribution in [1.82, 2.24) is 14.5 Å². The average molecular weight is 259 g/mol. The van der Waals surface area contributed by atoms with Crippen molar-refractivity contribution >= 4 is 11.2 Å². The van der Waals surface area contributed by atoms with Crippen LogP contribution in [0, 0.1) is 5.92 Å². The summed E-state index contributed by atoms with van der Waals surface area (Å²) in [5.74, 6) is 1.78. The zero-order valence-electron chi connectivity index (χ0n) is 11.7. The molecule has 4 nitrogen and oxygen atoms in total. The lowest BCUT2D eigenvalue weighted by atomic mass is 10.1. The summed E-state index contributed by atoms with van der Waals surface area (Å²) in [5, 5.41) is 0. The van der Waals surface area contributed by atoms with Gasteiger partial charge >= 0.3 is 0 Å². The molecule has 0 unspecified atom stereocenters. The highest BCUT2D eigenvalue weighted by molar-refractivity contribution is 5.71. The van der Waals surface area contributed by atoms with Gasteiger partial charge in [0.2, 0.25) is 0 Å². The normalized spacial score (nSPS) is 17.4. The van der Waals surface area contributed by atoms with Gasteiger partial charge in [0.15, 0.2) is 5.65 Å². The molecule has 1 fully saturated rings. The van der Waals surface area contributed by atoms with E-state index in [0.717, 1.165) is 43.6 Å². The SMILES string of the molecule is CC(C)Cc1nc2cccnc2n1C1CCOCC1. The van der Waals surface area contributed by atoms with Crippen LogP contribution in [0.4, 0.5) is 0 Å². The summed E-state index contributed by atoms with van der Waals surface area (Å²) >= 11 is 0. The van der Waals surface area contributed by atoms with Crippen LogP contribution in [0.2, 0.25) is 0 Å². The van der Waals surface area contributed by atoms with Gasteiger partial charge in [0.1, 0.15) is 11.3 Å². The van der Waals surface area contributed by atoms with Crippen molar-refractivity contribution in [2.75, 3.05) is 13.2 Å². The molecule has 1 aliphatic heterocycles. The van der Waals surface area contributed by atoms with Gasteiger partial charge in [-0.05, 0) is 30.9 Å². The third-order valence-electron chi connectivity index (χ3n) is 3.67. The second-order valence-electron chi connectivity index (χ2n) is 5.69. The Kier molecular flexibility index (Phi) is 3.51. The second-order valence-corrected chi connectivity index (χ2v) is 5.69. The first-order valence-corrected chi connectivity index (χ1v) is 7.15. The molecule has 0 saturated carbocycles. The molecule has 2 aromatic heterocycles. The summed E-state index contributed by atoms with van der Waals surface area (Å²) in [6.07, 6.45) is 4.99. The van der Waals surface area contributed by atoms with Crippen LogP contribution >= 0.6 is 0 Å². The Labute approximate surface area is 113 Å². The lowest BCUT2D eigenvalue weighted by molar-refractivity contribution is 0.0696. The largest absolute Gasteiger partial charge is 0.381 e. The molecule has 2 aromatic rings. The van der Waals surface area contributed by atoms with Crippen molar-refractivity contribution in [2.24, 2.45) is 5.92 Å². The second kappa shape index (κ2) is 5.29. The van der Waals surface area contributed by atoms with Crippen molar-refractivity contribution in [1.29, 1.82) is 0 Å². The van der Waals surface area contributed by atoms with Gasteiger partial charge in [-0.1, -0.05) is 13.8 Å². The maximum Gasteiger partial charge on any atom is 0.160 e. The summed E-state index contributed by atoms with van der Waals surface area (Å²) in [6, 6.07) is 4.51. The predicted octanol–water partition coefficient (Wildman–Crippen LogP) is 2.98. The van der Waals surface area contributed by atoms with Gasteiger partial charge in [-0.2, -0.15) is 0 Å². The van der Waals surface area contributed by atoms with Crippen LogP contribution in [0.15, 0.2) is 18.3 Å². The predicted molar refractivity (Wildman–Crippen MR) is 75.2 cm³/mol. The van der Waals surface area contributed by atoms with Crippen LogP contribution < -0.4 is 0 Å². The standard InChI is InChI=1S/C15H21N3O/c1-11(2)10-14-17-13-4-3-7-16-15(13)18(14)12-5-8-19-9-6-12/h3-4,7,11-12H,5-6,8-10H2,1-2H3. The Balaban J connectivity index is 2.06. The molecule has 0 N–H and O–H groups in total. The highest BCUT2D eigenvalue weighted by Gasteiger charge is 2.22. The highest BCUT2D eigenvalue weighted by atomic mass is 16.5. The number of ether oxygens (including phenoxy) is 1. The minimum Gasteiger partial charge on any atom is -0.381 e. The van der Waals surface area contributed by atoms with Gasteiger partial charge in [0.25, 0.3) is 0 Å². The van der Waals surface area contributed by atoms with Crippen LogP contribution in [0.1, 0.15) is 38.6 Å². The maximum absolute atomic E-state index is 5.48. The molecule has 102 valence electrons. The molecule has 3 rings (SSSR count). The first-order valence-electron chi connectivity index (χ1n) is 7.15.